The first kappa shape index (κ1) is 13.2. The standard InChI is InChI=1S/C14H15N3O2/c1-10-2-3-11(7-16-10)6-15-9-13-5-4-12(8-17-13)14(18)19/h2-5,7-8,15H,6,9H2,1H3,(H,18,19). The van der Waals surface area contributed by atoms with Crippen LogP contribution in [-0.2, 0) is 13.1 Å². The molecule has 0 radical (unpaired) electrons. The van der Waals surface area contributed by atoms with Crippen LogP contribution >= 0.6 is 0 Å². The third kappa shape index (κ3) is 3.86. The number of hydrogen-bond donors (Lipinski definition) is 2. The fourth-order valence-electron chi connectivity index (χ4n) is 1.59. The molecule has 0 unspecified atom stereocenters. The molecule has 0 bridgehead atoms. The van der Waals surface area contributed by atoms with Gasteiger partial charge in [-0.05, 0) is 30.7 Å². The molecule has 0 saturated heterocycles. The van der Waals surface area contributed by atoms with Gasteiger partial charge in [0.05, 0.1) is 11.3 Å². The molecular formula is C14H15N3O2. The summed E-state index contributed by atoms with van der Waals surface area (Å²) in [6.07, 6.45) is 3.20. The lowest BCUT2D eigenvalue weighted by atomic mass is 10.2. The van der Waals surface area contributed by atoms with Crippen molar-refractivity contribution in [3.05, 3.63) is 59.2 Å². The van der Waals surface area contributed by atoms with Crippen LogP contribution in [0.5, 0.6) is 0 Å². The molecule has 5 heteroatoms. The van der Waals surface area contributed by atoms with Gasteiger partial charge >= 0.3 is 5.97 Å². The molecule has 0 atom stereocenters. The van der Waals surface area contributed by atoms with Gasteiger partial charge in [0.25, 0.3) is 0 Å². The molecule has 0 spiro atoms. The van der Waals surface area contributed by atoms with E-state index in [9.17, 15) is 4.79 Å². The monoisotopic (exact) mass is 257 g/mol. The van der Waals surface area contributed by atoms with Gasteiger partial charge in [0.1, 0.15) is 0 Å². The molecule has 0 amide bonds. The Hall–Kier alpha value is -2.27. The van der Waals surface area contributed by atoms with Gasteiger partial charge in [-0.25, -0.2) is 4.79 Å². The maximum absolute atomic E-state index is 10.7. The number of aromatic nitrogens is 2. The second kappa shape index (κ2) is 6.06. The van der Waals surface area contributed by atoms with Crippen LogP contribution in [0.15, 0.2) is 36.7 Å². The highest BCUT2D eigenvalue weighted by molar-refractivity contribution is 5.87. The summed E-state index contributed by atoms with van der Waals surface area (Å²) < 4.78 is 0. The molecule has 2 rings (SSSR count). The molecule has 0 fully saturated rings. The summed E-state index contributed by atoms with van der Waals surface area (Å²) in [7, 11) is 0. The Bertz CT molecular complexity index is 550. The summed E-state index contributed by atoms with van der Waals surface area (Å²) >= 11 is 0. The van der Waals surface area contributed by atoms with Crippen molar-refractivity contribution in [2.24, 2.45) is 0 Å². The van der Waals surface area contributed by atoms with Crippen molar-refractivity contribution in [3.63, 3.8) is 0 Å². The second-order valence-electron chi connectivity index (χ2n) is 4.25. The van der Waals surface area contributed by atoms with Gasteiger partial charge in [0.2, 0.25) is 0 Å². The maximum atomic E-state index is 10.7. The highest BCUT2D eigenvalue weighted by Gasteiger charge is 2.02. The van der Waals surface area contributed by atoms with Gasteiger partial charge in [-0.15, -0.1) is 0 Å². The zero-order valence-electron chi connectivity index (χ0n) is 10.6. The predicted octanol–water partition coefficient (Wildman–Crippen LogP) is 1.77. The van der Waals surface area contributed by atoms with Crippen LogP contribution in [0.4, 0.5) is 0 Å². The number of aromatic carboxylic acids is 1. The smallest absolute Gasteiger partial charge is 0.337 e. The summed E-state index contributed by atoms with van der Waals surface area (Å²) in [5.41, 5.74) is 3.11. The van der Waals surface area contributed by atoms with E-state index in [1.807, 2.05) is 25.3 Å². The largest absolute Gasteiger partial charge is 0.478 e. The average molecular weight is 257 g/mol. The van der Waals surface area contributed by atoms with E-state index in [1.54, 1.807) is 12.1 Å². The first-order chi connectivity index (χ1) is 9.15. The van der Waals surface area contributed by atoms with Crippen molar-refractivity contribution >= 4 is 5.97 Å². The lowest BCUT2D eigenvalue weighted by molar-refractivity contribution is 0.0696. The van der Waals surface area contributed by atoms with E-state index >= 15 is 0 Å². The number of carboxylic acids is 1. The number of carboxylic acid groups (broad SMARTS) is 1. The van der Waals surface area contributed by atoms with Crippen LogP contribution in [0, 0.1) is 6.92 Å². The van der Waals surface area contributed by atoms with Gasteiger partial charge in [-0.1, -0.05) is 6.07 Å². The first-order valence-corrected chi connectivity index (χ1v) is 5.95. The second-order valence-corrected chi connectivity index (χ2v) is 4.25. The number of carbonyl (C=O) groups is 1. The van der Waals surface area contributed by atoms with E-state index in [4.69, 9.17) is 5.11 Å². The van der Waals surface area contributed by atoms with Crippen LogP contribution in [0.3, 0.4) is 0 Å². The van der Waals surface area contributed by atoms with Crippen molar-refractivity contribution in [2.75, 3.05) is 0 Å². The first-order valence-electron chi connectivity index (χ1n) is 5.95. The van der Waals surface area contributed by atoms with Gasteiger partial charge in [0.15, 0.2) is 0 Å². The Morgan fingerprint density at radius 1 is 1.16 bits per heavy atom. The third-order valence-electron chi connectivity index (χ3n) is 2.68. The van der Waals surface area contributed by atoms with Gasteiger partial charge in [-0.3, -0.25) is 9.97 Å². The molecular weight excluding hydrogens is 242 g/mol. The third-order valence-corrected chi connectivity index (χ3v) is 2.68. The number of hydrogen-bond acceptors (Lipinski definition) is 4. The Morgan fingerprint density at radius 3 is 2.58 bits per heavy atom. The Labute approximate surface area is 111 Å². The quantitative estimate of drug-likeness (QED) is 0.853. The summed E-state index contributed by atoms with van der Waals surface area (Å²) in [5, 5.41) is 12.0. The van der Waals surface area contributed by atoms with Crippen molar-refractivity contribution in [1.29, 1.82) is 0 Å². The topological polar surface area (TPSA) is 75.1 Å². The van der Waals surface area contributed by atoms with Gasteiger partial charge in [-0.2, -0.15) is 0 Å². The lowest BCUT2D eigenvalue weighted by Gasteiger charge is -2.05. The minimum atomic E-state index is -0.960. The summed E-state index contributed by atoms with van der Waals surface area (Å²) in [6, 6.07) is 7.26. The average Bonchev–Trinajstić information content (AvgIpc) is 2.41. The van der Waals surface area contributed by atoms with Crippen molar-refractivity contribution in [1.82, 2.24) is 15.3 Å². The van der Waals surface area contributed by atoms with Crippen LogP contribution in [-0.4, -0.2) is 21.0 Å². The fourth-order valence-corrected chi connectivity index (χ4v) is 1.59. The molecule has 2 aromatic heterocycles. The van der Waals surface area contributed by atoms with E-state index in [2.05, 4.69) is 15.3 Å². The molecule has 5 nitrogen and oxygen atoms in total. The number of rotatable bonds is 5. The highest BCUT2D eigenvalue weighted by atomic mass is 16.4. The summed E-state index contributed by atoms with van der Waals surface area (Å²) in [4.78, 5) is 19.0. The van der Waals surface area contributed by atoms with E-state index in [-0.39, 0.29) is 5.56 Å². The van der Waals surface area contributed by atoms with E-state index in [0.29, 0.717) is 13.1 Å². The molecule has 0 saturated carbocycles. The van der Waals surface area contributed by atoms with Crippen molar-refractivity contribution in [3.8, 4) is 0 Å². The molecule has 2 aromatic rings. The highest BCUT2D eigenvalue weighted by Crippen LogP contribution is 2.02. The normalized spacial score (nSPS) is 10.4. The molecule has 0 aromatic carbocycles. The maximum Gasteiger partial charge on any atom is 0.337 e. The van der Waals surface area contributed by atoms with Gasteiger partial charge in [0, 0.05) is 31.2 Å². The van der Waals surface area contributed by atoms with Crippen LogP contribution in [0.1, 0.15) is 27.3 Å². The number of pyridine rings is 2. The predicted molar refractivity (Wildman–Crippen MR) is 70.7 cm³/mol. The lowest BCUT2D eigenvalue weighted by Crippen LogP contribution is -2.14. The van der Waals surface area contributed by atoms with E-state index in [0.717, 1.165) is 17.0 Å². The van der Waals surface area contributed by atoms with Crippen molar-refractivity contribution in [2.45, 2.75) is 20.0 Å². The minimum absolute atomic E-state index is 0.200. The Morgan fingerprint density at radius 2 is 2.00 bits per heavy atom. The molecule has 0 aliphatic rings. The van der Waals surface area contributed by atoms with Gasteiger partial charge < -0.3 is 10.4 Å². The Balaban J connectivity index is 1.85. The number of aryl methyl sites for hydroxylation is 1. The minimum Gasteiger partial charge on any atom is -0.478 e. The zero-order chi connectivity index (χ0) is 13.7. The fraction of sp³-hybridized carbons (Fsp3) is 0.214. The van der Waals surface area contributed by atoms with Crippen molar-refractivity contribution < 1.29 is 9.90 Å². The van der Waals surface area contributed by atoms with Crippen LogP contribution < -0.4 is 5.32 Å². The molecule has 0 aliphatic heterocycles. The van der Waals surface area contributed by atoms with Crippen LogP contribution in [0.2, 0.25) is 0 Å². The molecule has 2 N–H and O–H groups in total. The van der Waals surface area contributed by atoms with E-state index < -0.39 is 5.97 Å². The summed E-state index contributed by atoms with van der Waals surface area (Å²) in [5.74, 6) is -0.960. The zero-order valence-corrected chi connectivity index (χ0v) is 10.6. The Kier molecular flexibility index (Phi) is 4.20. The number of nitrogens with zero attached hydrogens (tertiary/aromatic N) is 2. The molecule has 19 heavy (non-hydrogen) atoms. The SMILES string of the molecule is Cc1ccc(CNCc2ccc(C(=O)O)cn2)cn1. The number of nitrogens with one attached hydrogen (secondary N) is 1. The molecule has 2 heterocycles. The molecule has 98 valence electrons. The van der Waals surface area contributed by atoms with Crippen LogP contribution in [0.25, 0.3) is 0 Å². The van der Waals surface area contributed by atoms with E-state index in [1.165, 1.54) is 6.20 Å². The molecule has 0 aliphatic carbocycles. The summed E-state index contributed by atoms with van der Waals surface area (Å²) in [6.45, 7) is 3.24.